The molecule has 0 saturated heterocycles. The fourth-order valence-electron chi connectivity index (χ4n) is 2.11. The molecule has 0 fully saturated rings. The molecule has 0 atom stereocenters. The standard InChI is InChI=1S/C15H11NO2/c16-15(17)14-13(10-6-2-1-3-7-10)11-8-4-5-9-12(11)18-14/h1-9H,(H2,16,17). The predicted octanol–water partition coefficient (Wildman–Crippen LogP) is 3.20. The molecule has 0 aliphatic heterocycles. The maximum Gasteiger partial charge on any atom is 0.285 e. The average molecular weight is 237 g/mol. The van der Waals surface area contributed by atoms with E-state index in [1.165, 1.54) is 0 Å². The molecule has 0 aliphatic carbocycles. The van der Waals surface area contributed by atoms with E-state index in [4.69, 9.17) is 10.2 Å². The first-order valence-corrected chi connectivity index (χ1v) is 5.64. The van der Waals surface area contributed by atoms with Crippen molar-refractivity contribution in [3.63, 3.8) is 0 Å². The molecule has 0 saturated carbocycles. The number of hydrogen-bond acceptors (Lipinski definition) is 2. The lowest BCUT2D eigenvalue weighted by atomic mass is 10.0. The number of amides is 1. The van der Waals surface area contributed by atoms with Gasteiger partial charge in [-0.1, -0.05) is 48.5 Å². The van der Waals surface area contributed by atoms with Crippen LogP contribution in [0.2, 0.25) is 0 Å². The van der Waals surface area contributed by atoms with Crippen LogP contribution in [0.3, 0.4) is 0 Å². The number of primary amides is 1. The summed E-state index contributed by atoms with van der Waals surface area (Å²) in [6, 6.07) is 17.2. The molecule has 3 heteroatoms. The van der Waals surface area contributed by atoms with E-state index >= 15 is 0 Å². The van der Waals surface area contributed by atoms with E-state index < -0.39 is 5.91 Å². The molecule has 18 heavy (non-hydrogen) atoms. The van der Waals surface area contributed by atoms with Crippen LogP contribution < -0.4 is 5.73 Å². The van der Waals surface area contributed by atoms with E-state index in [0.717, 1.165) is 16.5 Å². The van der Waals surface area contributed by atoms with Crippen LogP contribution >= 0.6 is 0 Å². The van der Waals surface area contributed by atoms with E-state index in [-0.39, 0.29) is 5.76 Å². The second kappa shape index (κ2) is 4.04. The van der Waals surface area contributed by atoms with Crippen LogP contribution in [0.1, 0.15) is 10.6 Å². The SMILES string of the molecule is NC(=O)c1oc2ccccc2c1-c1ccccc1. The van der Waals surface area contributed by atoms with Crippen LogP contribution in [0.15, 0.2) is 59.0 Å². The van der Waals surface area contributed by atoms with Gasteiger partial charge in [0.2, 0.25) is 0 Å². The van der Waals surface area contributed by atoms with Gasteiger partial charge in [0.15, 0.2) is 5.76 Å². The van der Waals surface area contributed by atoms with Crippen molar-refractivity contribution in [2.75, 3.05) is 0 Å². The number of hydrogen-bond donors (Lipinski definition) is 1. The second-order valence-corrected chi connectivity index (χ2v) is 4.03. The maximum absolute atomic E-state index is 11.5. The first kappa shape index (κ1) is 10.6. The van der Waals surface area contributed by atoms with Crippen LogP contribution in [-0.2, 0) is 0 Å². The maximum atomic E-state index is 11.5. The number of furan rings is 1. The first-order valence-electron chi connectivity index (χ1n) is 5.64. The normalized spacial score (nSPS) is 10.7. The number of carbonyl (C=O) groups excluding carboxylic acids is 1. The van der Waals surface area contributed by atoms with E-state index in [9.17, 15) is 4.79 Å². The van der Waals surface area contributed by atoms with Gasteiger partial charge in [0.05, 0.1) is 0 Å². The molecule has 3 rings (SSSR count). The molecule has 1 aromatic heterocycles. The third-order valence-corrected chi connectivity index (χ3v) is 2.88. The lowest BCUT2D eigenvalue weighted by Gasteiger charge is -2.00. The topological polar surface area (TPSA) is 56.2 Å². The summed E-state index contributed by atoms with van der Waals surface area (Å²) in [6.07, 6.45) is 0. The lowest BCUT2D eigenvalue weighted by Crippen LogP contribution is -2.10. The Morgan fingerprint density at radius 2 is 1.61 bits per heavy atom. The van der Waals surface area contributed by atoms with Crippen molar-refractivity contribution >= 4 is 16.9 Å². The molecule has 0 unspecified atom stereocenters. The monoisotopic (exact) mass is 237 g/mol. The third kappa shape index (κ3) is 1.57. The molecule has 3 aromatic rings. The number of para-hydroxylation sites is 1. The van der Waals surface area contributed by atoms with Gasteiger partial charge >= 0.3 is 0 Å². The minimum absolute atomic E-state index is 0.211. The molecule has 0 aliphatic rings. The minimum Gasteiger partial charge on any atom is -0.450 e. The van der Waals surface area contributed by atoms with Crippen molar-refractivity contribution in [2.24, 2.45) is 5.73 Å². The van der Waals surface area contributed by atoms with Crippen LogP contribution in [0.25, 0.3) is 22.1 Å². The summed E-state index contributed by atoms with van der Waals surface area (Å²) in [7, 11) is 0. The van der Waals surface area contributed by atoms with Crippen molar-refractivity contribution in [3.05, 3.63) is 60.4 Å². The summed E-state index contributed by atoms with van der Waals surface area (Å²) in [4.78, 5) is 11.5. The van der Waals surface area contributed by atoms with Gasteiger partial charge in [-0.15, -0.1) is 0 Å². The van der Waals surface area contributed by atoms with Gasteiger partial charge in [-0.25, -0.2) is 0 Å². The molecule has 2 aromatic carbocycles. The van der Waals surface area contributed by atoms with Gasteiger partial charge in [-0.05, 0) is 11.6 Å². The fourth-order valence-corrected chi connectivity index (χ4v) is 2.11. The van der Waals surface area contributed by atoms with E-state index in [2.05, 4.69) is 0 Å². The van der Waals surface area contributed by atoms with Crippen LogP contribution in [0.4, 0.5) is 0 Å². The largest absolute Gasteiger partial charge is 0.450 e. The zero-order valence-electron chi connectivity index (χ0n) is 9.59. The Hall–Kier alpha value is -2.55. The second-order valence-electron chi connectivity index (χ2n) is 4.03. The first-order chi connectivity index (χ1) is 8.77. The Morgan fingerprint density at radius 3 is 2.33 bits per heavy atom. The predicted molar refractivity (Wildman–Crippen MR) is 70.2 cm³/mol. The average Bonchev–Trinajstić information content (AvgIpc) is 2.79. The summed E-state index contributed by atoms with van der Waals surface area (Å²) in [6.45, 7) is 0. The Bertz CT molecular complexity index is 714. The molecule has 2 N–H and O–H groups in total. The smallest absolute Gasteiger partial charge is 0.285 e. The quantitative estimate of drug-likeness (QED) is 0.744. The lowest BCUT2D eigenvalue weighted by molar-refractivity contribution is 0.0977. The van der Waals surface area contributed by atoms with Gasteiger partial charge < -0.3 is 10.2 Å². The van der Waals surface area contributed by atoms with Crippen LogP contribution in [0, 0.1) is 0 Å². The summed E-state index contributed by atoms with van der Waals surface area (Å²) in [5.41, 5.74) is 7.74. The summed E-state index contributed by atoms with van der Waals surface area (Å²) in [5, 5.41) is 0.900. The zero-order valence-corrected chi connectivity index (χ0v) is 9.59. The van der Waals surface area contributed by atoms with Crippen LogP contribution in [0.5, 0.6) is 0 Å². The molecule has 3 nitrogen and oxygen atoms in total. The highest BCUT2D eigenvalue weighted by molar-refractivity contribution is 6.07. The number of carbonyl (C=O) groups is 1. The highest BCUT2D eigenvalue weighted by Gasteiger charge is 2.19. The highest BCUT2D eigenvalue weighted by atomic mass is 16.3. The summed E-state index contributed by atoms with van der Waals surface area (Å²) < 4.78 is 5.54. The van der Waals surface area contributed by atoms with Gasteiger partial charge in [0.25, 0.3) is 5.91 Å². The van der Waals surface area contributed by atoms with E-state index in [1.807, 2.05) is 54.6 Å². The molecule has 88 valence electrons. The molecule has 0 bridgehead atoms. The third-order valence-electron chi connectivity index (χ3n) is 2.88. The van der Waals surface area contributed by atoms with Gasteiger partial charge in [-0.3, -0.25) is 4.79 Å². The Kier molecular flexibility index (Phi) is 2.38. The van der Waals surface area contributed by atoms with Crippen molar-refractivity contribution < 1.29 is 9.21 Å². The Balaban J connectivity index is 2.38. The Labute approximate surface area is 104 Å². The summed E-state index contributed by atoms with van der Waals surface area (Å²) in [5.74, 6) is -0.340. The number of rotatable bonds is 2. The van der Waals surface area contributed by atoms with Gasteiger partial charge in [0, 0.05) is 10.9 Å². The zero-order chi connectivity index (χ0) is 12.5. The van der Waals surface area contributed by atoms with Gasteiger partial charge in [-0.2, -0.15) is 0 Å². The van der Waals surface area contributed by atoms with Crippen LogP contribution in [-0.4, -0.2) is 5.91 Å². The molecular formula is C15H11NO2. The van der Waals surface area contributed by atoms with Gasteiger partial charge in [0.1, 0.15) is 5.58 Å². The Morgan fingerprint density at radius 1 is 0.944 bits per heavy atom. The van der Waals surface area contributed by atoms with Crippen molar-refractivity contribution in [3.8, 4) is 11.1 Å². The number of fused-ring (bicyclic) bond motifs is 1. The molecule has 1 heterocycles. The van der Waals surface area contributed by atoms with Crippen molar-refractivity contribution in [1.82, 2.24) is 0 Å². The molecule has 0 spiro atoms. The highest BCUT2D eigenvalue weighted by Crippen LogP contribution is 2.34. The van der Waals surface area contributed by atoms with Crippen molar-refractivity contribution in [2.45, 2.75) is 0 Å². The molecule has 0 radical (unpaired) electrons. The molecule has 1 amide bonds. The van der Waals surface area contributed by atoms with E-state index in [0.29, 0.717) is 5.58 Å². The minimum atomic E-state index is -0.551. The number of benzene rings is 2. The van der Waals surface area contributed by atoms with E-state index in [1.54, 1.807) is 0 Å². The molecular weight excluding hydrogens is 226 g/mol. The number of nitrogens with two attached hydrogens (primary N) is 1. The fraction of sp³-hybridized carbons (Fsp3) is 0. The summed E-state index contributed by atoms with van der Waals surface area (Å²) >= 11 is 0. The van der Waals surface area contributed by atoms with Crippen molar-refractivity contribution in [1.29, 1.82) is 0 Å².